The molecule has 0 aromatic heterocycles. The number of nitrogens with zero attached hydrogens (tertiary/aromatic N) is 1. The van der Waals surface area contributed by atoms with Crippen molar-refractivity contribution in [2.45, 2.75) is 0 Å². The van der Waals surface area contributed by atoms with Crippen molar-refractivity contribution in [1.29, 1.82) is 0 Å². The molecule has 6 N–H and O–H groups in total. The SMILES string of the molecule is NNC(=O)N(N)c1cc(F)c(F)cc1NC(=O)c1ccc2cc(F)ccc2c1. The molecule has 0 aliphatic rings. The van der Waals surface area contributed by atoms with Crippen molar-refractivity contribution in [3.63, 3.8) is 0 Å². The van der Waals surface area contributed by atoms with Crippen LogP contribution in [0.15, 0.2) is 48.5 Å². The summed E-state index contributed by atoms with van der Waals surface area (Å²) >= 11 is 0. The van der Waals surface area contributed by atoms with Gasteiger partial charge in [-0.1, -0.05) is 12.1 Å². The average molecular weight is 389 g/mol. The number of nitrogens with one attached hydrogen (secondary N) is 2. The van der Waals surface area contributed by atoms with Crippen LogP contribution in [-0.2, 0) is 0 Å². The van der Waals surface area contributed by atoms with Gasteiger partial charge in [0.25, 0.3) is 5.91 Å². The summed E-state index contributed by atoms with van der Waals surface area (Å²) in [5.74, 6) is 6.89. The van der Waals surface area contributed by atoms with Crippen molar-refractivity contribution < 1.29 is 22.8 Å². The van der Waals surface area contributed by atoms with Crippen molar-refractivity contribution in [2.24, 2.45) is 11.7 Å². The van der Waals surface area contributed by atoms with E-state index >= 15 is 0 Å². The molecule has 3 rings (SSSR count). The van der Waals surface area contributed by atoms with Crippen LogP contribution in [0.25, 0.3) is 10.8 Å². The third-order valence-corrected chi connectivity index (χ3v) is 3.95. The van der Waals surface area contributed by atoms with Gasteiger partial charge in [0.05, 0.1) is 11.4 Å². The lowest BCUT2D eigenvalue weighted by Crippen LogP contribution is -2.48. The van der Waals surface area contributed by atoms with Crippen LogP contribution in [0.2, 0.25) is 0 Å². The van der Waals surface area contributed by atoms with E-state index in [1.165, 1.54) is 36.4 Å². The highest BCUT2D eigenvalue weighted by Crippen LogP contribution is 2.28. The Labute approximate surface area is 156 Å². The Bertz CT molecular complexity index is 1090. The third kappa shape index (κ3) is 3.72. The van der Waals surface area contributed by atoms with Crippen molar-refractivity contribution >= 4 is 34.1 Å². The molecule has 7 nitrogen and oxygen atoms in total. The molecule has 0 radical (unpaired) electrons. The molecule has 10 heteroatoms. The number of carbonyl (C=O) groups excluding carboxylic acids is 2. The lowest BCUT2D eigenvalue weighted by atomic mass is 10.1. The van der Waals surface area contributed by atoms with Crippen LogP contribution in [0.3, 0.4) is 0 Å². The summed E-state index contributed by atoms with van der Waals surface area (Å²) in [4.78, 5) is 24.1. The minimum Gasteiger partial charge on any atom is -0.320 e. The fourth-order valence-corrected chi connectivity index (χ4v) is 2.57. The van der Waals surface area contributed by atoms with E-state index in [1.54, 1.807) is 5.43 Å². The molecule has 0 aliphatic heterocycles. The highest BCUT2D eigenvalue weighted by atomic mass is 19.2. The number of rotatable bonds is 3. The number of carbonyl (C=O) groups is 2. The second-order valence-electron chi connectivity index (χ2n) is 5.76. The van der Waals surface area contributed by atoms with Gasteiger partial charge in [-0.15, -0.1) is 0 Å². The maximum Gasteiger partial charge on any atom is 0.350 e. The van der Waals surface area contributed by atoms with Crippen LogP contribution in [0.5, 0.6) is 0 Å². The maximum atomic E-state index is 13.7. The Hall–Kier alpha value is -3.63. The number of nitrogens with two attached hydrogens (primary N) is 2. The number of benzene rings is 3. The lowest BCUT2D eigenvalue weighted by Gasteiger charge is -2.20. The molecule has 0 unspecified atom stereocenters. The van der Waals surface area contributed by atoms with Gasteiger partial charge in [0.15, 0.2) is 11.6 Å². The molecule has 144 valence electrons. The van der Waals surface area contributed by atoms with Crippen molar-refractivity contribution in [2.75, 3.05) is 10.3 Å². The van der Waals surface area contributed by atoms with Crippen molar-refractivity contribution in [3.8, 4) is 0 Å². The van der Waals surface area contributed by atoms with Crippen LogP contribution in [0.4, 0.5) is 29.3 Å². The van der Waals surface area contributed by atoms with Gasteiger partial charge in [-0.25, -0.2) is 34.7 Å². The monoisotopic (exact) mass is 389 g/mol. The third-order valence-electron chi connectivity index (χ3n) is 3.95. The molecule has 28 heavy (non-hydrogen) atoms. The van der Waals surface area contributed by atoms with Gasteiger partial charge in [0.1, 0.15) is 5.82 Å². The van der Waals surface area contributed by atoms with Crippen LogP contribution < -0.4 is 27.4 Å². The summed E-state index contributed by atoms with van der Waals surface area (Å²) in [5.41, 5.74) is 1.33. The molecule has 3 aromatic carbocycles. The molecule has 0 bridgehead atoms. The van der Waals surface area contributed by atoms with Crippen LogP contribution >= 0.6 is 0 Å². The van der Waals surface area contributed by atoms with Crippen LogP contribution in [0, 0.1) is 17.5 Å². The Kier molecular flexibility index (Phi) is 5.16. The lowest BCUT2D eigenvalue weighted by molar-refractivity contribution is 0.102. The summed E-state index contributed by atoms with van der Waals surface area (Å²) < 4.78 is 40.5. The average Bonchev–Trinajstić information content (AvgIpc) is 2.68. The second-order valence-corrected chi connectivity index (χ2v) is 5.76. The fourth-order valence-electron chi connectivity index (χ4n) is 2.57. The standard InChI is InChI=1S/C18H14F3N5O2/c19-12-4-3-9-5-11(2-1-10(9)6-12)17(27)24-15-7-13(20)14(21)8-16(15)26(23)18(28)25-22/h1-8H,22-23H2,(H,24,27)(H,25,28). The van der Waals surface area contributed by atoms with Gasteiger partial charge in [-0.3, -0.25) is 10.2 Å². The van der Waals surface area contributed by atoms with Gasteiger partial charge < -0.3 is 5.32 Å². The normalized spacial score (nSPS) is 10.6. The summed E-state index contributed by atoms with van der Waals surface area (Å²) in [7, 11) is 0. The minimum absolute atomic E-state index is 0.168. The van der Waals surface area contributed by atoms with E-state index in [1.807, 2.05) is 0 Å². The summed E-state index contributed by atoms with van der Waals surface area (Å²) in [6.07, 6.45) is 0. The van der Waals surface area contributed by atoms with E-state index in [-0.39, 0.29) is 16.9 Å². The largest absolute Gasteiger partial charge is 0.350 e. The quantitative estimate of drug-likeness (QED) is 0.313. The smallest absolute Gasteiger partial charge is 0.320 e. The predicted molar refractivity (Wildman–Crippen MR) is 97.6 cm³/mol. The molecule has 0 saturated carbocycles. The van der Waals surface area contributed by atoms with E-state index in [0.29, 0.717) is 27.9 Å². The molecule has 0 heterocycles. The first-order valence-electron chi connectivity index (χ1n) is 7.85. The zero-order valence-electron chi connectivity index (χ0n) is 14.2. The van der Waals surface area contributed by atoms with E-state index in [2.05, 4.69) is 5.32 Å². The van der Waals surface area contributed by atoms with E-state index in [0.717, 1.165) is 0 Å². The first-order chi connectivity index (χ1) is 13.3. The predicted octanol–water partition coefficient (Wildman–Crippen LogP) is 2.77. The number of hydrogen-bond donors (Lipinski definition) is 4. The van der Waals surface area contributed by atoms with Crippen LogP contribution in [-0.4, -0.2) is 11.9 Å². The summed E-state index contributed by atoms with van der Waals surface area (Å²) in [5, 5.41) is 3.97. The molecule has 3 aromatic rings. The molecule has 0 aliphatic carbocycles. The van der Waals surface area contributed by atoms with Gasteiger partial charge in [-0.05, 0) is 35.0 Å². The highest BCUT2D eigenvalue weighted by Gasteiger charge is 2.20. The van der Waals surface area contributed by atoms with Crippen molar-refractivity contribution in [1.82, 2.24) is 5.43 Å². The number of halogens is 3. The molecule has 0 saturated heterocycles. The number of hydrazine groups is 2. The molecule has 0 spiro atoms. The summed E-state index contributed by atoms with van der Waals surface area (Å²) in [6.45, 7) is 0. The highest BCUT2D eigenvalue weighted by molar-refractivity contribution is 6.09. The first-order valence-corrected chi connectivity index (χ1v) is 7.85. The number of hydrogen-bond acceptors (Lipinski definition) is 4. The Morgan fingerprint density at radius 3 is 2.25 bits per heavy atom. The topological polar surface area (TPSA) is 113 Å². The number of urea groups is 1. The van der Waals surface area contributed by atoms with Crippen LogP contribution in [0.1, 0.15) is 10.4 Å². The Morgan fingerprint density at radius 2 is 1.54 bits per heavy atom. The van der Waals surface area contributed by atoms with Gasteiger partial charge in [-0.2, -0.15) is 0 Å². The van der Waals surface area contributed by atoms with E-state index in [4.69, 9.17) is 11.7 Å². The van der Waals surface area contributed by atoms with E-state index < -0.39 is 29.4 Å². The minimum atomic E-state index is -1.28. The molecule has 3 amide bonds. The maximum absolute atomic E-state index is 13.7. The van der Waals surface area contributed by atoms with Gasteiger partial charge >= 0.3 is 6.03 Å². The molecule has 0 atom stereocenters. The van der Waals surface area contributed by atoms with Gasteiger partial charge in [0.2, 0.25) is 0 Å². The second kappa shape index (κ2) is 7.55. The number of amides is 3. The molecular formula is C18H14F3N5O2. The number of fused-ring (bicyclic) bond motifs is 1. The fraction of sp³-hybridized carbons (Fsp3) is 0. The first kappa shape index (κ1) is 19.1. The molecule has 0 fully saturated rings. The van der Waals surface area contributed by atoms with Crippen molar-refractivity contribution in [3.05, 3.63) is 71.5 Å². The van der Waals surface area contributed by atoms with Gasteiger partial charge in [0, 0.05) is 17.7 Å². The Balaban J connectivity index is 1.96. The zero-order valence-corrected chi connectivity index (χ0v) is 14.2. The Morgan fingerprint density at radius 1 is 0.893 bits per heavy atom. The summed E-state index contributed by atoms with van der Waals surface area (Å²) in [6, 6.07) is 8.83. The van der Waals surface area contributed by atoms with E-state index in [9.17, 15) is 22.8 Å². The molecular weight excluding hydrogens is 375 g/mol. The zero-order chi connectivity index (χ0) is 20.4. The number of anilines is 2.